The zero-order chi connectivity index (χ0) is 22.1. The third-order valence-electron chi connectivity index (χ3n) is 5.46. The van der Waals surface area contributed by atoms with E-state index in [1.807, 2.05) is 36.5 Å². The molecule has 0 unspecified atom stereocenters. The summed E-state index contributed by atoms with van der Waals surface area (Å²) in [5, 5.41) is 17.7. The number of rotatable bonds is 6. The van der Waals surface area contributed by atoms with Gasteiger partial charge >= 0.3 is 0 Å². The van der Waals surface area contributed by atoms with E-state index in [-0.39, 0.29) is 24.3 Å². The monoisotopic (exact) mass is 445 g/mol. The number of aliphatic hydroxyl groups excluding tert-OH is 1. The molecule has 4 heterocycles. The zero-order valence-electron chi connectivity index (χ0n) is 17.6. The van der Waals surface area contributed by atoms with E-state index in [4.69, 9.17) is 21.4 Å². The zero-order valence-corrected chi connectivity index (χ0v) is 18.4. The maximum Gasteiger partial charge on any atom is 0.287 e. The average Bonchev–Trinajstić information content (AvgIpc) is 3.29. The summed E-state index contributed by atoms with van der Waals surface area (Å²) in [6, 6.07) is 1.82. The van der Waals surface area contributed by atoms with Gasteiger partial charge in [-0.25, -0.2) is 14.6 Å². The van der Waals surface area contributed by atoms with Crippen LogP contribution >= 0.6 is 11.6 Å². The van der Waals surface area contributed by atoms with Crippen molar-refractivity contribution in [1.82, 2.24) is 29.5 Å². The minimum atomic E-state index is -0.416. The number of hydrogen-bond acceptors (Lipinski definition) is 8. The number of aromatic nitrogens is 6. The molecule has 3 aromatic heterocycles. The fourth-order valence-electron chi connectivity index (χ4n) is 3.83. The van der Waals surface area contributed by atoms with Crippen molar-refractivity contribution in [2.24, 2.45) is 7.05 Å². The van der Waals surface area contributed by atoms with Crippen LogP contribution in [0, 0.1) is 13.8 Å². The molecule has 0 aliphatic carbocycles. The molecule has 0 bridgehead atoms. The Labute approximate surface area is 184 Å². The summed E-state index contributed by atoms with van der Waals surface area (Å²) in [5.41, 5.74) is 3.81. The molecule has 1 atom stereocenters. The van der Waals surface area contributed by atoms with Gasteiger partial charge in [-0.15, -0.1) is 0 Å². The standard InChI is InChI=1S/C20H24ClN7O3/c1-12-18(13(2)26(3)25-12)15-8-17(23-11-22-15)31-14-4-5-27(10-14)16-9-24-28(6-7-29)20(30)19(16)21/h8-9,11,14,29H,4-7,10H2,1-3H3/t14-/m1/s1. The van der Waals surface area contributed by atoms with E-state index in [0.29, 0.717) is 24.7 Å². The molecule has 1 aliphatic rings. The number of aryl methyl sites for hydroxylation is 2. The van der Waals surface area contributed by atoms with Crippen LogP contribution in [0.2, 0.25) is 5.02 Å². The van der Waals surface area contributed by atoms with Gasteiger partial charge < -0.3 is 14.7 Å². The van der Waals surface area contributed by atoms with E-state index in [2.05, 4.69) is 20.2 Å². The number of anilines is 1. The second-order valence-corrected chi connectivity index (χ2v) is 7.86. The Balaban J connectivity index is 1.49. The summed E-state index contributed by atoms with van der Waals surface area (Å²) >= 11 is 6.28. The van der Waals surface area contributed by atoms with Gasteiger partial charge in [-0.2, -0.15) is 10.2 Å². The van der Waals surface area contributed by atoms with Gasteiger partial charge in [0.1, 0.15) is 17.5 Å². The average molecular weight is 446 g/mol. The van der Waals surface area contributed by atoms with Crippen molar-refractivity contribution in [2.45, 2.75) is 32.9 Å². The number of nitrogens with zero attached hydrogens (tertiary/aromatic N) is 7. The van der Waals surface area contributed by atoms with Crippen LogP contribution in [0.3, 0.4) is 0 Å². The molecule has 0 amide bonds. The van der Waals surface area contributed by atoms with Crippen LogP contribution < -0.4 is 15.2 Å². The normalized spacial score (nSPS) is 16.2. The third-order valence-corrected chi connectivity index (χ3v) is 5.81. The van der Waals surface area contributed by atoms with E-state index in [1.165, 1.54) is 6.33 Å². The first-order valence-corrected chi connectivity index (χ1v) is 10.4. The van der Waals surface area contributed by atoms with Crippen LogP contribution in [0.5, 0.6) is 5.88 Å². The molecular weight excluding hydrogens is 422 g/mol. The molecular formula is C20H24ClN7O3. The first kappa shape index (κ1) is 21.3. The lowest BCUT2D eigenvalue weighted by atomic mass is 10.1. The van der Waals surface area contributed by atoms with Gasteiger partial charge in [-0.1, -0.05) is 11.6 Å². The fourth-order valence-corrected chi connectivity index (χ4v) is 4.10. The second kappa shape index (κ2) is 8.64. The molecule has 3 aromatic rings. The lowest BCUT2D eigenvalue weighted by Gasteiger charge is -2.20. The van der Waals surface area contributed by atoms with E-state index >= 15 is 0 Å². The number of hydrogen-bond donors (Lipinski definition) is 1. The summed E-state index contributed by atoms with van der Waals surface area (Å²) in [6.07, 6.45) is 3.68. The van der Waals surface area contributed by atoms with Gasteiger partial charge in [-0.05, 0) is 13.8 Å². The van der Waals surface area contributed by atoms with Gasteiger partial charge in [0.05, 0.1) is 43.0 Å². The third kappa shape index (κ3) is 4.13. The Kier molecular flexibility index (Phi) is 5.92. The number of aliphatic hydroxyl groups is 1. The van der Waals surface area contributed by atoms with E-state index in [9.17, 15) is 4.79 Å². The minimum Gasteiger partial charge on any atom is -0.472 e. The smallest absolute Gasteiger partial charge is 0.287 e. The topological polar surface area (TPSA) is 111 Å². The number of ether oxygens (including phenoxy) is 1. The highest BCUT2D eigenvalue weighted by molar-refractivity contribution is 6.33. The molecule has 0 spiro atoms. The Bertz CT molecular complexity index is 1160. The van der Waals surface area contributed by atoms with Crippen molar-refractivity contribution >= 4 is 17.3 Å². The minimum absolute atomic E-state index is 0.0935. The van der Waals surface area contributed by atoms with Gasteiger partial charge in [0.2, 0.25) is 5.88 Å². The molecule has 1 fully saturated rings. The van der Waals surface area contributed by atoms with Crippen molar-refractivity contribution in [1.29, 1.82) is 0 Å². The highest BCUT2D eigenvalue weighted by Gasteiger charge is 2.27. The fraction of sp³-hybridized carbons (Fsp3) is 0.450. The Hall–Kier alpha value is -2.98. The van der Waals surface area contributed by atoms with E-state index in [0.717, 1.165) is 33.7 Å². The summed E-state index contributed by atoms with van der Waals surface area (Å²) in [7, 11) is 1.90. The lowest BCUT2D eigenvalue weighted by molar-refractivity contribution is 0.215. The predicted octanol–water partition coefficient (Wildman–Crippen LogP) is 1.35. The summed E-state index contributed by atoms with van der Waals surface area (Å²) in [5.74, 6) is 0.488. The molecule has 4 rings (SSSR count). The Morgan fingerprint density at radius 1 is 1.32 bits per heavy atom. The maximum atomic E-state index is 12.3. The van der Waals surface area contributed by atoms with Crippen LogP contribution in [0.4, 0.5) is 5.69 Å². The quantitative estimate of drug-likeness (QED) is 0.605. The predicted molar refractivity (Wildman–Crippen MR) is 116 cm³/mol. The molecule has 0 saturated carbocycles. The number of halogens is 1. The van der Waals surface area contributed by atoms with E-state index in [1.54, 1.807) is 6.20 Å². The van der Waals surface area contributed by atoms with Gasteiger partial charge in [-0.3, -0.25) is 9.48 Å². The molecule has 10 nitrogen and oxygen atoms in total. The lowest BCUT2D eigenvalue weighted by Crippen LogP contribution is -2.30. The molecule has 1 N–H and O–H groups in total. The van der Waals surface area contributed by atoms with Crippen molar-refractivity contribution in [3.05, 3.63) is 45.4 Å². The largest absolute Gasteiger partial charge is 0.472 e. The molecule has 11 heteroatoms. The van der Waals surface area contributed by atoms with Crippen molar-refractivity contribution < 1.29 is 9.84 Å². The maximum absolute atomic E-state index is 12.3. The Morgan fingerprint density at radius 2 is 2.13 bits per heavy atom. The molecule has 164 valence electrons. The first-order valence-electron chi connectivity index (χ1n) is 9.99. The summed E-state index contributed by atoms with van der Waals surface area (Å²) < 4.78 is 9.09. The van der Waals surface area contributed by atoms with Crippen molar-refractivity contribution in [3.63, 3.8) is 0 Å². The first-order chi connectivity index (χ1) is 14.9. The summed E-state index contributed by atoms with van der Waals surface area (Å²) in [6.45, 7) is 5.10. The van der Waals surface area contributed by atoms with Crippen LogP contribution in [0.25, 0.3) is 11.3 Å². The van der Waals surface area contributed by atoms with E-state index < -0.39 is 5.56 Å². The molecule has 1 saturated heterocycles. The Morgan fingerprint density at radius 3 is 2.84 bits per heavy atom. The highest BCUT2D eigenvalue weighted by Crippen LogP contribution is 2.29. The van der Waals surface area contributed by atoms with Crippen LogP contribution in [-0.4, -0.2) is 60.4 Å². The second-order valence-electron chi connectivity index (χ2n) is 7.48. The molecule has 1 aliphatic heterocycles. The highest BCUT2D eigenvalue weighted by atomic mass is 35.5. The van der Waals surface area contributed by atoms with Gasteiger partial charge in [0.15, 0.2) is 0 Å². The van der Waals surface area contributed by atoms with Crippen LogP contribution in [0.15, 0.2) is 23.4 Å². The molecule has 0 aromatic carbocycles. The van der Waals surface area contributed by atoms with Gasteiger partial charge in [0, 0.05) is 37.3 Å². The molecule has 0 radical (unpaired) electrons. The molecule has 31 heavy (non-hydrogen) atoms. The van der Waals surface area contributed by atoms with Gasteiger partial charge in [0.25, 0.3) is 5.56 Å². The van der Waals surface area contributed by atoms with Crippen LogP contribution in [-0.2, 0) is 13.6 Å². The van der Waals surface area contributed by atoms with Crippen molar-refractivity contribution in [2.75, 3.05) is 24.6 Å². The van der Waals surface area contributed by atoms with Crippen molar-refractivity contribution in [3.8, 4) is 17.1 Å². The summed E-state index contributed by atoms with van der Waals surface area (Å²) in [4.78, 5) is 22.9. The SMILES string of the molecule is Cc1nn(C)c(C)c1-c1cc(O[C@@H]2CCN(c3cnn(CCO)c(=O)c3Cl)C2)ncn1. The van der Waals surface area contributed by atoms with Crippen LogP contribution in [0.1, 0.15) is 17.8 Å².